The van der Waals surface area contributed by atoms with Crippen LogP contribution in [0.15, 0.2) is 24.3 Å². The monoisotopic (exact) mass is 539 g/mol. The van der Waals surface area contributed by atoms with Gasteiger partial charge in [-0.1, -0.05) is 46.5 Å². The molecule has 2 atom stereocenters. The molecule has 3 N–H and O–H groups in total. The molecule has 1 saturated heterocycles. The van der Waals surface area contributed by atoms with Crippen molar-refractivity contribution in [3.8, 4) is 6.07 Å². The zero-order valence-corrected chi connectivity index (χ0v) is 23.2. The molecule has 4 amide bonds. The van der Waals surface area contributed by atoms with Gasteiger partial charge in [-0.05, 0) is 54.9 Å². The van der Waals surface area contributed by atoms with Crippen molar-refractivity contribution in [2.75, 3.05) is 19.6 Å². The number of nitrogens with zero attached hydrogens (tertiary/aromatic N) is 3. The molecule has 10 heteroatoms. The lowest BCUT2D eigenvalue weighted by atomic mass is 9.84. The van der Waals surface area contributed by atoms with Crippen LogP contribution >= 0.6 is 0 Å². The van der Waals surface area contributed by atoms with Gasteiger partial charge in [0.25, 0.3) is 5.91 Å². The van der Waals surface area contributed by atoms with Gasteiger partial charge in [-0.3, -0.25) is 24.4 Å². The maximum Gasteiger partial charge on any atom is 0.251 e. The molecule has 2 aliphatic rings. The van der Waals surface area contributed by atoms with E-state index < -0.39 is 17.4 Å². The van der Waals surface area contributed by atoms with Crippen LogP contribution in [-0.4, -0.2) is 71.0 Å². The third-order valence-electron chi connectivity index (χ3n) is 7.81. The summed E-state index contributed by atoms with van der Waals surface area (Å²) in [5.74, 6) is -0.970. The van der Waals surface area contributed by atoms with E-state index in [2.05, 4.69) is 10.6 Å². The van der Waals surface area contributed by atoms with E-state index in [-0.39, 0.29) is 30.3 Å². The first-order valence-electron chi connectivity index (χ1n) is 13.8. The van der Waals surface area contributed by atoms with Crippen LogP contribution in [0.3, 0.4) is 0 Å². The quantitative estimate of drug-likeness (QED) is 0.237. The van der Waals surface area contributed by atoms with Gasteiger partial charge in [0.2, 0.25) is 18.2 Å². The first-order valence-corrected chi connectivity index (χ1v) is 13.8. The van der Waals surface area contributed by atoms with Gasteiger partial charge in [0, 0.05) is 24.7 Å². The molecule has 2 unspecified atom stereocenters. The fourth-order valence-corrected chi connectivity index (χ4v) is 5.48. The van der Waals surface area contributed by atoms with Crippen molar-refractivity contribution in [1.82, 2.24) is 20.6 Å². The van der Waals surface area contributed by atoms with Crippen LogP contribution in [0.25, 0.3) is 0 Å². The first kappa shape index (κ1) is 30.1. The second-order valence-corrected chi connectivity index (χ2v) is 11.9. The Morgan fingerprint density at radius 3 is 2.28 bits per heavy atom. The molecule has 1 aliphatic carbocycles. The third kappa shape index (κ3) is 8.52. The summed E-state index contributed by atoms with van der Waals surface area (Å²) < 4.78 is 0. The van der Waals surface area contributed by atoms with Gasteiger partial charge < -0.3 is 15.5 Å². The van der Waals surface area contributed by atoms with E-state index in [4.69, 9.17) is 5.26 Å². The molecule has 0 bridgehead atoms. The summed E-state index contributed by atoms with van der Waals surface area (Å²) in [6.45, 7) is 6.48. The highest BCUT2D eigenvalue weighted by Crippen LogP contribution is 2.31. The summed E-state index contributed by atoms with van der Waals surface area (Å²) in [7, 11) is 0. The number of nitrogens with one attached hydrogen (secondary N) is 2. The highest BCUT2D eigenvalue weighted by molar-refractivity contribution is 5.94. The first-order chi connectivity index (χ1) is 18.5. The largest absolute Gasteiger partial charge is 0.349 e. The number of hydroxylamine groups is 2. The zero-order valence-electron chi connectivity index (χ0n) is 23.2. The smallest absolute Gasteiger partial charge is 0.251 e. The van der Waals surface area contributed by atoms with Crippen molar-refractivity contribution >= 4 is 24.1 Å². The molecular weight excluding hydrogens is 498 g/mol. The maximum atomic E-state index is 13.6. The van der Waals surface area contributed by atoms with E-state index in [0.29, 0.717) is 60.9 Å². The normalized spacial score (nSPS) is 18.1. The topological polar surface area (TPSA) is 143 Å². The minimum atomic E-state index is -0.774. The molecule has 10 nitrogen and oxygen atoms in total. The molecule has 212 valence electrons. The van der Waals surface area contributed by atoms with Crippen LogP contribution < -0.4 is 10.6 Å². The van der Waals surface area contributed by atoms with Crippen molar-refractivity contribution in [1.29, 1.82) is 5.26 Å². The maximum absolute atomic E-state index is 13.6. The van der Waals surface area contributed by atoms with Gasteiger partial charge in [-0.25, -0.2) is 5.06 Å². The van der Waals surface area contributed by atoms with E-state index in [1.165, 1.54) is 0 Å². The SMILES string of the molecule is CC(C)(C)C(NC(=O)C(CC1CCCC1)CN(O)C=O)C(=O)N1CCC(NC(=O)c2ccc(C#N)cc2)CC1. The molecule has 39 heavy (non-hydrogen) atoms. The van der Waals surface area contributed by atoms with E-state index in [1.807, 2.05) is 26.8 Å². The number of likely N-dealkylation sites (tertiary alicyclic amines) is 1. The fourth-order valence-electron chi connectivity index (χ4n) is 5.48. The predicted molar refractivity (Wildman–Crippen MR) is 144 cm³/mol. The summed E-state index contributed by atoms with van der Waals surface area (Å²) in [4.78, 5) is 52.4. The Labute approximate surface area is 230 Å². The minimum Gasteiger partial charge on any atom is -0.349 e. The van der Waals surface area contributed by atoms with E-state index in [9.17, 15) is 24.4 Å². The zero-order chi connectivity index (χ0) is 28.6. The molecular formula is C29H41N5O5. The Hall–Kier alpha value is -3.45. The summed E-state index contributed by atoms with van der Waals surface area (Å²) >= 11 is 0. The number of benzene rings is 1. The Morgan fingerprint density at radius 1 is 1.13 bits per heavy atom. The fraction of sp³-hybridized carbons (Fsp3) is 0.621. The lowest BCUT2D eigenvalue weighted by Gasteiger charge is -2.39. The van der Waals surface area contributed by atoms with Crippen LogP contribution in [0.2, 0.25) is 0 Å². The number of piperidine rings is 1. The van der Waals surface area contributed by atoms with Crippen LogP contribution in [0, 0.1) is 28.6 Å². The van der Waals surface area contributed by atoms with E-state index >= 15 is 0 Å². The van der Waals surface area contributed by atoms with Crippen molar-refractivity contribution in [3.63, 3.8) is 0 Å². The molecule has 1 aromatic rings. The lowest BCUT2D eigenvalue weighted by molar-refractivity contribution is -0.156. The van der Waals surface area contributed by atoms with Crippen LogP contribution in [0.5, 0.6) is 0 Å². The molecule has 1 aromatic carbocycles. The van der Waals surface area contributed by atoms with Crippen molar-refractivity contribution in [2.45, 2.75) is 77.8 Å². The number of nitriles is 1. The van der Waals surface area contributed by atoms with Crippen LogP contribution in [0.1, 0.15) is 81.6 Å². The predicted octanol–water partition coefficient (Wildman–Crippen LogP) is 2.85. The molecule has 3 rings (SSSR count). The Kier molecular flexibility index (Phi) is 10.5. The number of carbonyl (C=O) groups is 4. The summed E-state index contributed by atoms with van der Waals surface area (Å²) in [6, 6.07) is 7.62. The van der Waals surface area contributed by atoms with Gasteiger partial charge in [-0.2, -0.15) is 5.26 Å². The third-order valence-corrected chi connectivity index (χ3v) is 7.81. The van der Waals surface area contributed by atoms with E-state index in [0.717, 1.165) is 25.7 Å². The second kappa shape index (κ2) is 13.6. The molecule has 1 aliphatic heterocycles. The van der Waals surface area contributed by atoms with Gasteiger partial charge in [-0.15, -0.1) is 0 Å². The molecule has 1 saturated carbocycles. The van der Waals surface area contributed by atoms with Crippen molar-refractivity contribution < 1.29 is 24.4 Å². The molecule has 1 heterocycles. The van der Waals surface area contributed by atoms with Gasteiger partial charge in [0.15, 0.2) is 0 Å². The summed E-state index contributed by atoms with van der Waals surface area (Å²) in [5.41, 5.74) is 0.404. The van der Waals surface area contributed by atoms with Crippen LogP contribution in [-0.2, 0) is 14.4 Å². The Morgan fingerprint density at radius 2 is 1.74 bits per heavy atom. The second-order valence-electron chi connectivity index (χ2n) is 11.9. The number of carbonyl (C=O) groups excluding carboxylic acids is 4. The van der Waals surface area contributed by atoms with Gasteiger partial charge in [0.05, 0.1) is 24.1 Å². The molecule has 0 spiro atoms. The lowest BCUT2D eigenvalue weighted by Crippen LogP contribution is -2.58. The van der Waals surface area contributed by atoms with Gasteiger partial charge in [0.1, 0.15) is 6.04 Å². The standard InChI is InChI=1S/C29H41N5O5/c1-29(2,3)25(32-27(37)23(18-34(39)19-35)16-20-6-4-5-7-20)28(38)33-14-12-24(13-15-33)31-26(36)22-10-8-21(17-30)9-11-22/h8-11,19-20,23-25,39H,4-7,12-16,18H2,1-3H3,(H,31,36)(H,32,37). The molecule has 0 aromatic heterocycles. The molecule has 0 radical (unpaired) electrons. The highest BCUT2D eigenvalue weighted by Gasteiger charge is 2.39. The minimum absolute atomic E-state index is 0.0884. The van der Waals surface area contributed by atoms with E-state index in [1.54, 1.807) is 29.2 Å². The number of rotatable bonds is 10. The number of hydrogen-bond donors (Lipinski definition) is 3. The average Bonchev–Trinajstić information content (AvgIpc) is 3.43. The summed E-state index contributed by atoms with van der Waals surface area (Å²) in [5, 5.41) is 25.2. The average molecular weight is 540 g/mol. The van der Waals surface area contributed by atoms with Crippen molar-refractivity contribution in [3.05, 3.63) is 35.4 Å². The Balaban J connectivity index is 1.60. The number of amides is 4. The number of hydrogen-bond acceptors (Lipinski definition) is 6. The Bertz CT molecular complexity index is 1050. The highest BCUT2D eigenvalue weighted by atomic mass is 16.5. The summed E-state index contributed by atoms with van der Waals surface area (Å²) in [6.07, 6.45) is 6.30. The van der Waals surface area contributed by atoms with Crippen LogP contribution in [0.4, 0.5) is 0 Å². The van der Waals surface area contributed by atoms with Gasteiger partial charge >= 0.3 is 0 Å². The van der Waals surface area contributed by atoms with Crippen molar-refractivity contribution in [2.24, 2.45) is 17.3 Å². The molecule has 2 fully saturated rings.